The minimum absolute atomic E-state index is 0.00989. The lowest BCUT2D eigenvalue weighted by atomic mass is 10.1. The van der Waals surface area contributed by atoms with Gasteiger partial charge in [-0.1, -0.05) is 0 Å². The third-order valence-electron chi connectivity index (χ3n) is 4.35. The number of benzene rings is 1. The number of nitrogens with one attached hydrogen (secondary N) is 2. The largest absolute Gasteiger partial charge is 0.488 e. The van der Waals surface area contributed by atoms with Gasteiger partial charge in [0.05, 0.1) is 19.3 Å². The summed E-state index contributed by atoms with van der Waals surface area (Å²) in [6, 6.07) is 3.62. The molecule has 0 saturated carbocycles. The third-order valence-corrected chi connectivity index (χ3v) is 4.35. The Morgan fingerprint density at radius 1 is 1.37 bits per heavy atom. The quantitative estimate of drug-likeness (QED) is 0.798. The van der Waals surface area contributed by atoms with Crippen LogP contribution in [-0.4, -0.2) is 33.9 Å². The SMILES string of the molecule is CC(C)n1c(=O)nc(N[C@@H](C)c2cc(OC3CCOC3)ccc2F)[nH]c1=O. The molecule has 8 nitrogen and oxygen atoms in total. The number of ether oxygens (including phenoxy) is 2. The Balaban J connectivity index is 1.80. The standard InChI is InChI=1S/C18H23FN4O4/c1-10(2)23-17(24)21-16(22-18(23)25)20-11(3)14-8-12(4-5-15(14)19)27-13-6-7-26-9-13/h4-5,8,10-11,13H,6-7,9H2,1-3H3,(H2,20,21,22,24,25)/t11-,13?/m0/s1. The van der Waals surface area contributed by atoms with E-state index in [1.54, 1.807) is 32.9 Å². The van der Waals surface area contributed by atoms with Gasteiger partial charge >= 0.3 is 11.4 Å². The van der Waals surface area contributed by atoms with Crippen LogP contribution in [0.25, 0.3) is 0 Å². The molecule has 2 aromatic rings. The summed E-state index contributed by atoms with van der Waals surface area (Å²) in [5.41, 5.74) is -0.900. The van der Waals surface area contributed by atoms with Gasteiger partial charge in [-0.05, 0) is 39.0 Å². The van der Waals surface area contributed by atoms with Crippen LogP contribution in [0, 0.1) is 5.82 Å². The first-order valence-corrected chi connectivity index (χ1v) is 8.88. The van der Waals surface area contributed by atoms with Crippen molar-refractivity contribution in [3.8, 4) is 5.75 Å². The van der Waals surface area contributed by atoms with Crippen molar-refractivity contribution in [1.29, 1.82) is 0 Å². The number of anilines is 1. The van der Waals surface area contributed by atoms with Crippen molar-refractivity contribution in [2.45, 2.75) is 45.4 Å². The minimum atomic E-state index is -0.665. The first-order chi connectivity index (χ1) is 12.8. The lowest BCUT2D eigenvalue weighted by Gasteiger charge is -2.18. The average Bonchev–Trinajstić information content (AvgIpc) is 3.08. The number of rotatable bonds is 6. The second kappa shape index (κ2) is 7.91. The van der Waals surface area contributed by atoms with Gasteiger partial charge in [0, 0.05) is 18.0 Å². The molecule has 2 atom stereocenters. The first kappa shape index (κ1) is 19.1. The summed E-state index contributed by atoms with van der Waals surface area (Å²) in [5.74, 6) is 0.0967. The van der Waals surface area contributed by atoms with Gasteiger partial charge in [-0.3, -0.25) is 4.98 Å². The highest BCUT2D eigenvalue weighted by Crippen LogP contribution is 2.26. The maximum atomic E-state index is 14.3. The summed E-state index contributed by atoms with van der Waals surface area (Å²) in [6.45, 7) is 6.29. The molecule has 0 spiro atoms. The smallest absolute Gasteiger partial charge is 0.355 e. The van der Waals surface area contributed by atoms with Crippen LogP contribution in [0.1, 0.15) is 44.8 Å². The van der Waals surface area contributed by atoms with Crippen molar-refractivity contribution in [1.82, 2.24) is 14.5 Å². The molecule has 9 heteroatoms. The van der Waals surface area contributed by atoms with Gasteiger partial charge in [-0.2, -0.15) is 4.98 Å². The van der Waals surface area contributed by atoms with E-state index in [9.17, 15) is 14.0 Å². The minimum Gasteiger partial charge on any atom is -0.488 e. The van der Waals surface area contributed by atoms with Crippen molar-refractivity contribution < 1.29 is 13.9 Å². The number of hydrogen-bond acceptors (Lipinski definition) is 6. The Bertz CT molecular complexity index is 887. The van der Waals surface area contributed by atoms with Crippen LogP contribution in [-0.2, 0) is 4.74 Å². The summed E-state index contributed by atoms with van der Waals surface area (Å²) < 4.78 is 26.4. The van der Waals surface area contributed by atoms with E-state index in [0.29, 0.717) is 24.5 Å². The molecule has 0 amide bonds. The maximum Gasteiger partial charge on any atom is 0.355 e. The van der Waals surface area contributed by atoms with Gasteiger partial charge in [0.15, 0.2) is 0 Å². The molecule has 1 aromatic heterocycles. The third kappa shape index (κ3) is 4.36. The molecular formula is C18H23FN4O4. The predicted octanol–water partition coefficient (Wildman–Crippen LogP) is 1.99. The van der Waals surface area contributed by atoms with Crippen molar-refractivity contribution in [3.63, 3.8) is 0 Å². The topological polar surface area (TPSA) is 98.2 Å². The molecule has 0 bridgehead atoms. The van der Waals surface area contributed by atoms with E-state index >= 15 is 0 Å². The van der Waals surface area contributed by atoms with E-state index in [1.807, 2.05) is 0 Å². The number of H-pyrrole nitrogens is 1. The summed E-state index contributed by atoms with van der Waals surface area (Å²) >= 11 is 0. The second-order valence-electron chi connectivity index (χ2n) is 6.79. The zero-order valence-electron chi connectivity index (χ0n) is 15.5. The van der Waals surface area contributed by atoms with Crippen LogP contribution in [0.5, 0.6) is 5.75 Å². The summed E-state index contributed by atoms with van der Waals surface area (Å²) in [5, 5.41) is 2.87. The summed E-state index contributed by atoms with van der Waals surface area (Å²) in [7, 11) is 0. The van der Waals surface area contributed by atoms with Gasteiger partial charge in [0.25, 0.3) is 0 Å². The highest BCUT2D eigenvalue weighted by molar-refractivity contribution is 5.36. The normalized spacial score (nSPS) is 17.9. The lowest BCUT2D eigenvalue weighted by molar-refractivity contribution is 0.141. The van der Waals surface area contributed by atoms with Crippen LogP contribution >= 0.6 is 0 Å². The molecule has 1 aliphatic rings. The fraction of sp³-hybridized carbons (Fsp3) is 0.500. The lowest BCUT2D eigenvalue weighted by Crippen LogP contribution is -2.39. The zero-order valence-corrected chi connectivity index (χ0v) is 15.5. The molecule has 1 fully saturated rings. The molecule has 2 heterocycles. The van der Waals surface area contributed by atoms with Crippen molar-refractivity contribution in [3.05, 3.63) is 50.5 Å². The number of aromatic nitrogens is 3. The van der Waals surface area contributed by atoms with E-state index in [2.05, 4.69) is 15.3 Å². The van der Waals surface area contributed by atoms with Crippen LogP contribution in [0.2, 0.25) is 0 Å². The van der Waals surface area contributed by atoms with Gasteiger partial charge < -0.3 is 14.8 Å². The number of aromatic amines is 1. The number of halogens is 1. The highest BCUT2D eigenvalue weighted by Gasteiger charge is 2.19. The molecule has 1 aliphatic heterocycles. The number of nitrogens with zero attached hydrogens (tertiary/aromatic N) is 2. The van der Waals surface area contributed by atoms with Crippen molar-refractivity contribution in [2.24, 2.45) is 0 Å². The Kier molecular flexibility index (Phi) is 5.59. The monoisotopic (exact) mass is 378 g/mol. The molecule has 1 aromatic carbocycles. The predicted molar refractivity (Wildman–Crippen MR) is 97.8 cm³/mol. The molecule has 0 aliphatic carbocycles. The zero-order chi connectivity index (χ0) is 19.6. The summed E-state index contributed by atoms with van der Waals surface area (Å²) in [6.07, 6.45) is 0.742. The van der Waals surface area contributed by atoms with Crippen LogP contribution in [0.15, 0.2) is 27.8 Å². The summed E-state index contributed by atoms with van der Waals surface area (Å²) in [4.78, 5) is 30.4. The van der Waals surface area contributed by atoms with E-state index in [4.69, 9.17) is 9.47 Å². The van der Waals surface area contributed by atoms with Gasteiger partial charge in [0.1, 0.15) is 17.7 Å². The van der Waals surface area contributed by atoms with E-state index < -0.39 is 23.2 Å². The Morgan fingerprint density at radius 3 is 2.78 bits per heavy atom. The van der Waals surface area contributed by atoms with Crippen molar-refractivity contribution >= 4 is 5.95 Å². The van der Waals surface area contributed by atoms with Gasteiger partial charge in [-0.25, -0.2) is 18.5 Å². The van der Waals surface area contributed by atoms with Gasteiger partial charge in [-0.15, -0.1) is 0 Å². The molecule has 2 N–H and O–H groups in total. The van der Waals surface area contributed by atoms with Crippen LogP contribution in [0.3, 0.4) is 0 Å². The number of hydrogen-bond donors (Lipinski definition) is 2. The molecular weight excluding hydrogens is 355 g/mol. The van der Waals surface area contributed by atoms with Gasteiger partial charge in [0.2, 0.25) is 5.95 Å². The molecule has 3 rings (SSSR count). The van der Waals surface area contributed by atoms with E-state index in [1.165, 1.54) is 6.07 Å². The maximum absolute atomic E-state index is 14.3. The molecule has 1 saturated heterocycles. The Hall–Kier alpha value is -2.68. The average molecular weight is 378 g/mol. The Morgan fingerprint density at radius 2 is 2.15 bits per heavy atom. The Labute approximate surface area is 155 Å². The van der Waals surface area contributed by atoms with Crippen LogP contribution in [0.4, 0.5) is 10.3 Å². The fourth-order valence-electron chi connectivity index (χ4n) is 2.96. The van der Waals surface area contributed by atoms with E-state index in [0.717, 1.165) is 11.0 Å². The highest BCUT2D eigenvalue weighted by atomic mass is 19.1. The van der Waals surface area contributed by atoms with Crippen LogP contribution < -0.4 is 21.4 Å². The van der Waals surface area contributed by atoms with Crippen molar-refractivity contribution in [2.75, 3.05) is 18.5 Å². The molecule has 27 heavy (non-hydrogen) atoms. The first-order valence-electron chi connectivity index (χ1n) is 8.88. The molecule has 1 unspecified atom stereocenters. The second-order valence-corrected chi connectivity index (χ2v) is 6.79. The van der Waals surface area contributed by atoms with E-state index in [-0.39, 0.29) is 18.1 Å². The fourth-order valence-corrected chi connectivity index (χ4v) is 2.96. The molecule has 146 valence electrons. The molecule has 0 radical (unpaired) electrons.